The molecule has 7 nitrogen and oxygen atoms in total. The van der Waals surface area contributed by atoms with Gasteiger partial charge in [0.05, 0.1) is 15.2 Å². The lowest BCUT2D eigenvalue weighted by Gasteiger charge is -2.42. The molecule has 9 heteroatoms. The molecule has 1 heterocycles. The third kappa shape index (κ3) is 5.30. The lowest BCUT2D eigenvalue weighted by Crippen LogP contribution is -2.50. The summed E-state index contributed by atoms with van der Waals surface area (Å²) >= 11 is 0. The van der Waals surface area contributed by atoms with Crippen molar-refractivity contribution in [2.24, 2.45) is 11.8 Å². The minimum absolute atomic E-state index is 0.0158. The first kappa shape index (κ1) is 25.9. The number of benzene rings is 2. The van der Waals surface area contributed by atoms with Gasteiger partial charge in [0.1, 0.15) is 17.6 Å². The summed E-state index contributed by atoms with van der Waals surface area (Å²) in [7, 11) is -0.294. The zero-order valence-corrected chi connectivity index (χ0v) is 22.1. The fourth-order valence-corrected chi connectivity index (χ4v) is 6.62. The number of aliphatic carboxylic acids is 1. The Hall–Kier alpha value is -3.20. The quantitative estimate of drug-likeness (QED) is 0.548. The maximum absolute atomic E-state index is 14.8. The maximum atomic E-state index is 14.8. The molecule has 2 N–H and O–H groups in total. The van der Waals surface area contributed by atoms with Crippen molar-refractivity contribution in [2.45, 2.75) is 51.4 Å². The van der Waals surface area contributed by atoms with Gasteiger partial charge in [0.2, 0.25) is 5.91 Å². The number of nitrogens with one attached hydrogen (secondary N) is 1. The number of halogens is 1. The van der Waals surface area contributed by atoms with Crippen LogP contribution in [0.25, 0.3) is 0 Å². The van der Waals surface area contributed by atoms with Crippen molar-refractivity contribution < 1.29 is 28.6 Å². The van der Waals surface area contributed by atoms with E-state index in [1.54, 1.807) is 36.3 Å². The summed E-state index contributed by atoms with van der Waals surface area (Å²) in [6.07, 6.45) is 1.64. The molecule has 2 aromatic rings. The van der Waals surface area contributed by atoms with Crippen LogP contribution in [-0.4, -0.2) is 49.5 Å². The second-order valence-corrected chi connectivity index (χ2v) is 15.9. The van der Waals surface area contributed by atoms with Gasteiger partial charge in [0.25, 0.3) is 5.91 Å². The molecule has 192 valence electrons. The molecule has 1 aliphatic heterocycles. The molecule has 0 saturated heterocycles. The highest BCUT2D eigenvalue weighted by atomic mass is 28.3. The molecule has 0 spiro atoms. The molecule has 36 heavy (non-hydrogen) atoms. The molecular weight excluding hydrogens is 479 g/mol. The molecule has 1 fully saturated rings. The molecule has 0 aromatic heterocycles. The summed E-state index contributed by atoms with van der Waals surface area (Å²) in [6.45, 7) is 6.53. The predicted octanol–water partition coefficient (Wildman–Crippen LogP) is 3.94. The van der Waals surface area contributed by atoms with Crippen molar-refractivity contribution >= 4 is 36.7 Å². The minimum Gasteiger partial charge on any atom is -0.497 e. The number of hydrogen-bond donors (Lipinski definition) is 2. The Labute approximate surface area is 211 Å². The average Bonchev–Trinajstić information content (AvgIpc) is 2.78. The van der Waals surface area contributed by atoms with E-state index in [1.807, 2.05) is 6.07 Å². The third-order valence-corrected chi connectivity index (χ3v) is 9.22. The Balaban J connectivity index is 1.60. The normalized spacial score (nSPS) is 21.2. The largest absolute Gasteiger partial charge is 0.497 e. The zero-order valence-electron chi connectivity index (χ0n) is 21.1. The van der Waals surface area contributed by atoms with Gasteiger partial charge >= 0.3 is 5.97 Å². The number of amides is 2. The first-order chi connectivity index (χ1) is 17.0. The monoisotopic (exact) mass is 512 g/mol. The highest BCUT2D eigenvalue weighted by Gasteiger charge is 2.43. The van der Waals surface area contributed by atoms with Gasteiger partial charge in [-0.15, -0.1) is 0 Å². The van der Waals surface area contributed by atoms with Gasteiger partial charge in [-0.2, -0.15) is 0 Å². The van der Waals surface area contributed by atoms with Gasteiger partial charge in [-0.1, -0.05) is 31.8 Å². The van der Waals surface area contributed by atoms with E-state index in [-0.39, 0.29) is 30.0 Å². The van der Waals surface area contributed by atoms with E-state index in [2.05, 4.69) is 25.0 Å². The summed E-state index contributed by atoms with van der Waals surface area (Å²) in [5, 5.41) is 12.5. The maximum Gasteiger partial charge on any atom is 0.303 e. The third-order valence-electron chi connectivity index (χ3n) is 7.20. The number of rotatable bonds is 7. The molecule has 4 rings (SSSR count). The minimum atomic E-state index is -1.87. The fourth-order valence-electron chi connectivity index (χ4n) is 5.25. The van der Waals surface area contributed by atoms with E-state index < -0.39 is 26.0 Å². The summed E-state index contributed by atoms with van der Waals surface area (Å²) in [6, 6.07) is 9.37. The zero-order chi connectivity index (χ0) is 26.2. The van der Waals surface area contributed by atoms with Crippen LogP contribution < -0.4 is 15.2 Å². The fraction of sp³-hybridized carbons (Fsp3) is 0.444. The summed E-state index contributed by atoms with van der Waals surface area (Å²) in [4.78, 5) is 39.6. The van der Waals surface area contributed by atoms with E-state index in [9.17, 15) is 18.8 Å². The van der Waals surface area contributed by atoms with Crippen LogP contribution in [0, 0.1) is 17.7 Å². The number of fused-ring (bicyclic) bond motifs is 1. The van der Waals surface area contributed by atoms with Crippen LogP contribution in [0.5, 0.6) is 5.75 Å². The van der Waals surface area contributed by atoms with E-state index in [0.29, 0.717) is 48.0 Å². The van der Waals surface area contributed by atoms with Gasteiger partial charge < -0.3 is 20.1 Å². The van der Waals surface area contributed by atoms with Gasteiger partial charge in [0, 0.05) is 24.6 Å². The highest BCUT2D eigenvalue weighted by Crippen LogP contribution is 2.41. The smallest absolute Gasteiger partial charge is 0.303 e. The van der Waals surface area contributed by atoms with Gasteiger partial charge in [0.15, 0.2) is 0 Å². The van der Waals surface area contributed by atoms with Crippen molar-refractivity contribution in [1.29, 1.82) is 0 Å². The van der Waals surface area contributed by atoms with Gasteiger partial charge in [-0.05, 0) is 65.8 Å². The Morgan fingerprint density at radius 2 is 1.86 bits per heavy atom. The summed E-state index contributed by atoms with van der Waals surface area (Å²) in [5.41, 5.74) is 1.99. The van der Waals surface area contributed by atoms with Crippen molar-refractivity contribution in [3.63, 3.8) is 0 Å². The molecule has 0 bridgehead atoms. The molecule has 2 aromatic carbocycles. The lowest BCUT2D eigenvalue weighted by atomic mass is 9.72. The second-order valence-electron chi connectivity index (χ2n) is 10.8. The van der Waals surface area contributed by atoms with Crippen LogP contribution in [0.4, 0.5) is 10.1 Å². The van der Waals surface area contributed by atoms with E-state index in [1.165, 1.54) is 6.07 Å². The number of hydrogen-bond acceptors (Lipinski definition) is 4. The van der Waals surface area contributed by atoms with Crippen LogP contribution in [-0.2, 0) is 20.8 Å². The number of nitrogens with zero attached hydrogens (tertiary/aromatic N) is 1. The molecule has 1 atom stereocenters. The number of ether oxygens (including phenoxy) is 1. The molecule has 1 unspecified atom stereocenters. The van der Waals surface area contributed by atoms with Crippen molar-refractivity contribution in [3.05, 3.63) is 53.3 Å². The van der Waals surface area contributed by atoms with E-state index in [4.69, 9.17) is 9.84 Å². The summed E-state index contributed by atoms with van der Waals surface area (Å²) in [5.74, 6) is -1.39. The van der Waals surface area contributed by atoms with Crippen LogP contribution in [0.3, 0.4) is 0 Å². The number of carbonyl (C=O) groups is 3. The predicted molar refractivity (Wildman–Crippen MR) is 138 cm³/mol. The molecule has 1 saturated carbocycles. The molecular formula is C27H33FN2O5Si. The number of carboxylic acid groups (broad SMARTS) is 1. The average molecular weight is 513 g/mol. The molecule has 2 aliphatic rings. The first-order valence-corrected chi connectivity index (χ1v) is 15.8. The number of carboxylic acids is 1. The van der Waals surface area contributed by atoms with E-state index in [0.717, 1.165) is 5.56 Å². The van der Waals surface area contributed by atoms with Crippen molar-refractivity contribution in [3.8, 4) is 5.75 Å². The Morgan fingerprint density at radius 1 is 1.14 bits per heavy atom. The SMILES string of the molecule is COc1ccc2c(c1)CCN(C(=O)[C@H]1C[C@@H](CC(=O)O)C1)C2C(=O)Nc1ccc([Si](C)(C)C)c(F)c1. The van der Waals surface area contributed by atoms with Gasteiger partial charge in [-0.25, -0.2) is 4.39 Å². The Morgan fingerprint density at radius 3 is 2.47 bits per heavy atom. The lowest BCUT2D eigenvalue weighted by molar-refractivity contribution is -0.149. The highest BCUT2D eigenvalue weighted by molar-refractivity contribution is 6.88. The number of anilines is 1. The summed E-state index contributed by atoms with van der Waals surface area (Å²) < 4.78 is 20.2. The Kier molecular flexibility index (Phi) is 7.22. The topological polar surface area (TPSA) is 95.9 Å². The van der Waals surface area contributed by atoms with Crippen LogP contribution in [0.1, 0.15) is 36.4 Å². The number of carbonyl (C=O) groups excluding carboxylic acids is 2. The second kappa shape index (κ2) is 10.0. The molecule has 0 radical (unpaired) electrons. The van der Waals surface area contributed by atoms with Crippen LogP contribution in [0.15, 0.2) is 36.4 Å². The van der Waals surface area contributed by atoms with Crippen LogP contribution in [0.2, 0.25) is 19.6 Å². The van der Waals surface area contributed by atoms with Gasteiger partial charge in [-0.3, -0.25) is 14.4 Å². The standard InChI is InChI=1S/C27H33FN2O5Si/c1-35-20-6-7-21-17(14-20)9-10-30(27(34)18-11-16(12-18)13-24(31)32)25(21)26(33)29-19-5-8-23(22(28)15-19)36(2,3)4/h5-8,14-16,18,25H,9-13H2,1-4H3,(H,29,33)(H,31,32)/t16-,18+,25?. The Bertz CT molecular complexity index is 1190. The number of methoxy groups -OCH3 is 1. The van der Waals surface area contributed by atoms with Crippen LogP contribution >= 0.6 is 0 Å². The first-order valence-electron chi connectivity index (χ1n) is 12.3. The molecule has 2 amide bonds. The van der Waals surface area contributed by atoms with Crippen molar-refractivity contribution in [2.75, 3.05) is 19.0 Å². The molecule has 1 aliphatic carbocycles. The van der Waals surface area contributed by atoms with Crippen molar-refractivity contribution in [1.82, 2.24) is 4.90 Å². The van der Waals surface area contributed by atoms with E-state index >= 15 is 0 Å².